The molecule has 102 valence electrons. The first-order valence-electron chi connectivity index (χ1n) is 6.57. The first kappa shape index (κ1) is 12.4. The lowest BCUT2D eigenvalue weighted by atomic mass is 10.1. The molecule has 3 rings (SSSR count). The van der Waals surface area contributed by atoms with Gasteiger partial charge in [-0.15, -0.1) is 0 Å². The molecule has 2 atom stereocenters. The van der Waals surface area contributed by atoms with E-state index in [1.807, 2.05) is 30.0 Å². The molecule has 0 spiro atoms. The third-order valence-corrected chi connectivity index (χ3v) is 3.65. The number of nitrogens with two attached hydrogens (primary N) is 1. The van der Waals surface area contributed by atoms with Crippen molar-refractivity contribution in [2.24, 2.45) is 0 Å². The molecule has 2 aliphatic rings. The summed E-state index contributed by atoms with van der Waals surface area (Å²) in [5, 5.41) is 0. The molecule has 2 aliphatic heterocycles. The highest BCUT2D eigenvalue weighted by molar-refractivity contribution is 5.99. The Kier molecular flexibility index (Phi) is 3.16. The summed E-state index contributed by atoms with van der Waals surface area (Å²) in [5.74, 6) is -0.0179. The Morgan fingerprint density at radius 1 is 1.42 bits per heavy atom. The number of carbonyl (C=O) groups is 1. The Bertz CT molecular complexity index is 497. The number of benzene rings is 1. The van der Waals surface area contributed by atoms with Crippen molar-refractivity contribution in [3.63, 3.8) is 0 Å². The molecule has 1 aromatic carbocycles. The largest absolute Gasteiger partial charge is 0.399 e. The average Bonchev–Trinajstić information content (AvgIpc) is 2.74. The van der Waals surface area contributed by atoms with Gasteiger partial charge in [0.25, 0.3) is 5.91 Å². The van der Waals surface area contributed by atoms with Gasteiger partial charge in [-0.3, -0.25) is 4.79 Å². The summed E-state index contributed by atoms with van der Waals surface area (Å²) in [7, 11) is 0. The minimum absolute atomic E-state index is 0.0179. The van der Waals surface area contributed by atoms with E-state index in [4.69, 9.17) is 15.2 Å². The molecule has 0 aromatic heterocycles. The quantitative estimate of drug-likeness (QED) is 0.766. The van der Waals surface area contributed by atoms with E-state index in [9.17, 15) is 4.79 Å². The van der Waals surface area contributed by atoms with Crippen LogP contribution >= 0.6 is 0 Å². The SMILES string of the molecule is CC1Cc2cc(N)ccc2N1C(=O)C1COCCO1. The summed E-state index contributed by atoms with van der Waals surface area (Å²) in [4.78, 5) is 14.4. The number of rotatable bonds is 1. The molecule has 0 bridgehead atoms. The van der Waals surface area contributed by atoms with Crippen LogP contribution in [0.2, 0.25) is 0 Å². The van der Waals surface area contributed by atoms with Crippen LogP contribution < -0.4 is 10.6 Å². The number of ether oxygens (including phenoxy) is 2. The Labute approximate surface area is 112 Å². The van der Waals surface area contributed by atoms with Crippen LogP contribution in [0.25, 0.3) is 0 Å². The molecular formula is C14H18N2O3. The molecule has 19 heavy (non-hydrogen) atoms. The molecule has 2 heterocycles. The van der Waals surface area contributed by atoms with Crippen LogP contribution in [-0.4, -0.2) is 37.9 Å². The highest BCUT2D eigenvalue weighted by atomic mass is 16.6. The predicted molar refractivity (Wildman–Crippen MR) is 72.1 cm³/mol. The van der Waals surface area contributed by atoms with Crippen LogP contribution in [0.15, 0.2) is 18.2 Å². The maximum absolute atomic E-state index is 12.5. The molecule has 2 unspecified atom stereocenters. The third kappa shape index (κ3) is 2.19. The second-order valence-corrected chi connectivity index (χ2v) is 5.08. The van der Waals surface area contributed by atoms with Gasteiger partial charge in [0.15, 0.2) is 6.10 Å². The molecule has 2 N–H and O–H groups in total. The molecule has 1 amide bonds. The van der Waals surface area contributed by atoms with Gasteiger partial charge in [0.05, 0.1) is 19.8 Å². The number of hydrogen-bond donors (Lipinski definition) is 1. The van der Waals surface area contributed by atoms with E-state index in [2.05, 4.69) is 0 Å². The van der Waals surface area contributed by atoms with E-state index in [1.54, 1.807) is 0 Å². The normalized spacial score (nSPS) is 26.3. The number of nitrogens with zero attached hydrogens (tertiary/aromatic N) is 1. The Hall–Kier alpha value is -1.59. The van der Waals surface area contributed by atoms with Gasteiger partial charge in [-0.1, -0.05) is 0 Å². The van der Waals surface area contributed by atoms with E-state index >= 15 is 0 Å². The zero-order valence-electron chi connectivity index (χ0n) is 11.0. The standard InChI is InChI=1S/C14H18N2O3/c1-9-6-10-7-11(15)2-3-12(10)16(9)14(17)13-8-18-4-5-19-13/h2-3,7,9,13H,4-6,8,15H2,1H3. The van der Waals surface area contributed by atoms with Gasteiger partial charge in [-0.2, -0.15) is 0 Å². The summed E-state index contributed by atoms with van der Waals surface area (Å²) in [6.07, 6.45) is 0.347. The van der Waals surface area contributed by atoms with Crippen molar-refractivity contribution in [3.05, 3.63) is 23.8 Å². The fourth-order valence-corrected chi connectivity index (χ4v) is 2.77. The zero-order chi connectivity index (χ0) is 13.4. The van der Waals surface area contributed by atoms with Crippen LogP contribution in [-0.2, 0) is 20.7 Å². The van der Waals surface area contributed by atoms with Gasteiger partial charge in [-0.05, 0) is 37.1 Å². The zero-order valence-corrected chi connectivity index (χ0v) is 11.0. The van der Waals surface area contributed by atoms with E-state index in [0.717, 1.165) is 23.4 Å². The fraction of sp³-hybridized carbons (Fsp3) is 0.500. The van der Waals surface area contributed by atoms with Gasteiger partial charge < -0.3 is 20.1 Å². The molecule has 1 saturated heterocycles. The Morgan fingerprint density at radius 2 is 2.26 bits per heavy atom. The molecule has 5 nitrogen and oxygen atoms in total. The Morgan fingerprint density at radius 3 is 3.00 bits per heavy atom. The highest BCUT2D eigenvalue weighted by Crippen LogP contribution is 2.34. The number of carbonyl (C=O) groups excluding carboxylic acids is 1. The molecular weight excluding hydrogens is 244 g/mol. The lowest BCUT2D eigenvalue weighted by molar-refractivity contribution is -0.145. The first-order chi connectivity index (χ1) is 9.16. The summed E-state index contributed by atoms with van der Waals surface area (Å²) in [5.41, 5.74) is 8.59. The maximum atomic E-state index is 12.5. The summed E-state index contributed by atoms with van der Waals surface area (Å²) >= 11 is 0. The van der Waals surface area contributed by atoms with Crippen molar-refractivity contribution in [3.8, 4) is 0 Å². The first-order valence-corrected chi connectivity index (χ1v) is 6.57. The smallest absolute Gasteiger partial charge is 0.258 e. The molecule has 0 saturated carbocycles. The maximum Gasteiger partial charge on any atom is 0.258 e. The number of fused-ring (bicyclic) bond motifs is 1. The van der Waals surface area contributed by atoms with Crippen molar-refractivity contribution in [2.45, 2.75) is 25.5 Å². The van der Waals surface area contributed by atoms with E-state index < -0.39 is 6.10 Å². The van der Waals surface area contributed by atoms with Crippen LogP contribution in [0.5, 0.6) is 0 Å². The van der Waals surface area contributed by atoms with Crippen molar-refractivity contribution in [2.75, 3.05) is 30.5 Å². The monoisotopic (exact) mass is 262 g/mol. The van der Waals surface area contributed by atoms with Gasteiger partial charge in [0.1, 0.15) is 0 Å². The average molecular weight is 262 g/mol. The number of nitrogen functional groups attached to an aromatic ring is 1. The molecule has 0 radical (unpaired) electrons. The van der Waals surface area contributed by atoms with Gasteiger partial charge in [0.2, 0.25) is 0 Å². The van der Waals surface area contributed by atoms with Gasteiger partial charge in [0, 0.05) is 17.4 Å². The number of hydrogen-bond acceptors (Lipinski definition) is 4. The van der Waals surface area contributed by atoms with E-state index in [-0.39, 0.29) is 11.9 Å². The summed E-state index contributed by atoms with van der Waals surface area (Å²) in [6, 6.07) is 5.82. The van der Waals surface area contributed by atoms with Crippen LogP contribution in [0.4, 0.5) is 11.4 Å². The topological polar surface area (TPSA) is 64.8 Å². The second kappa shape index (κ2) is 4.83. The molecule has 5 heteroatoms. The second-order valence-electron chi connectivity index (χ2n) is 5.08. The van der Waals surface area contributed by atoms with Crippen LogP contribution in [0.3, 0.4) is 0 Å². The lowest BCUT2D eigenvalue weighted by Crippen LogP contribution is -2.47. The summed E-state index contributed by atoms with van der Waals surface area (Å²) in [6.45, 7) is 3.42. The van der Waals surface area contributed by atoms with Crippen LogP contribution in [0.1, 0.15) is 12.5 Å². The molecule has 0 aliphatic carbocycles. The van der Waals surface area contributed by atoms with E-state index in [1.165, 1.54) is 0 Å². The van der Waals surface area contributed by atoms with Gasteiger partial charge in [-0.25, -0.2) is 0 Å². The van der Waals surface area contributed by atoms with Crippen molar-refractivity contribution in [1.29, 1.82) is 0 Å². The third-order valence-electron chi connectivity index (χ3n) is 3.65. The Balaban J connectivity index is 1.86. The number of anilines is 2. The van der Waals surface area contributed by atoms with E-state index in [0.29, 0.717) is 19.8 Å². The molecule has 1 fully saturated rings. The van der Waals surface area contributed by atoms with Crippen LogP contribution in [0, 0.1) is 0 Å². The van der Waals surface area contributed by atoms with Crippen molar-refractivity contribution in [1.82, 2.24) is 0 Å². The molecule has 1 aromatic rings. The highest BCUT2D eigenvalue weighted by Gasteiger charge is 2.36. The van der Waals surface area contributed by atoms with Crippen molar-refractivity contribution >= 4 is 17.3 Å². The lowest BCUT2D eigenvalue weighted by Gasteiger charge is -2.29. The number of amides is 1. The minimum Gasteiger partial charge on any atom is -0.399 e. The predicted octanol–water partition coefficient (Wildman–Crippen LogP) is 0.962. The summed E-state index contributed by atoms with van der Waals surface area (Å²) < 4.78 is 10.8. The van der Waals surface area contributed by atoms with Crippen molar-refractivity contribution < 1.29 is 14.3 Å². The fourth-order valence-electron chi connectivity index (χ4n) is 2.77. The van der Waals surface area contributed by atoms with Gasteiger partial charge >= 0.3 is 0 Å². The minimum atomic E-state index is -0.486.